The number of para-hydroxylation sites is 2. The first-order chi connectivity index (χ1) is 14.6. The third-order valence-corrected chi connectivity index (χ3v) is 6.74. The van der Waals surface area contributed by atoms with E-state index >= 15 is 0 Å². The van der Waals surface area contributed by atoms with Gasteiger partial charge in [-0.25, -0.2) is 0 Å². The Hall–Kier alpha value is -2.53. The Morgan fingerprint density at radius 1 is 0.933 bits per heavy atom. The van der Waals surface area contributed by atoms with Gasteiger partial charge in [0, 0.05) is 39.3 Å². The Morgan fingerprint density at radius 3 is 2.23 bits per heavy atom. The molecule has 4 rings (SSSR count). The lowest BCUT2D eigenvalue weighted by atomic mass is 9.90. The lowest BCUT2D eigenvalue weighted by Gasteiger charge is -2.41. The van der Waals surface area contributed by atoms with Crippen molar-refractivity contribution in [3.63, 3.8) is 0 Å². The van der Waals surface area contributed by atoms with Crippen molar-refractivity contribution in [2.24, 2.45) is 5.92 Å². The summed E-state index contributed by atoms with van der Waals surface area (Å²) in [6, 6.07) is 18.1. The SMILES string of the molecule is C[C@@H](C(=O)N1CCC(Cc2ccccc2)CC1)N1CCN(c2ccccc2O)CC1. The third kappa shape index (κ3) is 4.78. The lowest BCUT2D eigenvalue weighted by molar-refractivity contribution is -0.138. The van der Waals surface area contributed by atoms with Crippen LogP contribution in [0, 0.1) is 5.92 Å². The van der Waals surface area contributed by atoms with Gasteiger partial charge < -0.3 is 14.9 Å². The van der Waals surface area contributed by atoms with Gasteiger partial charge in [-0.05, 0) is 49.8 Å². The summed E-state index contributed by atoms with van der Waals surface area (Å²) in [6.45, 7) is 7.13. The third-order valence-electron chi connectivity index (χ3n) is 6.74. The van der Waals surface area contributed by atoms with Gasteiger partial charge in [-0.2, -0.15) is 0 Å². The van der Waals surface area contributed by atoms with Crippen molar-refractivity contribution in [3.05, 3.63) is 60.2 Å². The quantitative estimate of drug-likeness (QED) is 0.825. The fraction of sp³-hybridized carbons (Fsp3) is 0.480. The van der Waals surface area contributed by atoms with Crippen LogP contribution in [-0.2, 0) is 11.2 Å². The number of piperazine rings is 1. The van der Waals surface area contributed by atoms with Crippen molar-refractivity contribution in [1.29, 1.82) is 0 Å². The predicted molar refractivity (Wildman–Crippen MR) is 121 cm³/mol. The Labute approximate surface area is 179 Å². The molecule has 0 bridgehead atoms. The first-order valence-electron chi connectivity index (χ1n) is 11.2. The number of piperidine rings is 1. The number of aromatic hydroxyl groups is 1. The average molecular weight is 408 g/mol. The number of phenols is 1. The number of phenolic OH excluding ortho intramolecular Hbond substituents is 1. The van der Waals surface area contributed by atoms with E-state index in [-0.39, 0.29) is 11.9 Å². The van der Waals surface area contributed by atoms with Gasteiger partial charge in [-0.1, -0.05) is 42.5 Å². The molecule has 2 heterocycles. The van der Waals surface area contributed by atoms with Crippen LogP contribution in [0.1, 0.15) is 25.3 Å². The fourth-order valence-corrected chi connectivity index (χ4v) is 4.81. The minimum Gasteiger partial charge on any atom is -0.506 e. The Kier molecular flexibility index (Phi) is 6.58. The van der Waals surface area contributed by atoms with E-state index in [0.717, 1.165) is 64.2 Å². The number of amides is 1. The number of carbonyl (C=O) groups is 1. The molecule has 2 aromatic rings. The molecule has 5 nitrogen and oxygen atoms in total. The molecule has 5 heteroatoms. The highest BCUT2D eigenvalue weighted by atomic mass is 16.3. The number of likely N-dealkylation sites (tertiary alicyclic amines) is 1. The second kappa shape index (κ2) is 9.52. The first kappa shape index (κ1) is 20.7. The summed E-state index contributed by atoms with van der Waals surface area (Å²) in [4.78, 5) is 19.7. The van der Waals surface area contributed by atoms with E-state index in [1.807, 2.05) is 25.1 Å². The van der Waals surface area contributed by atoms with Crippen LogP contribution in [0.5, 0.6) is 5.75 Å². The van der Waals surface area contributed by atoms with Gasteiger partial charge in [0.1, 0.15) is 5.75 Å². The molecule has 2 aromatic carbocycles. The number of carbonyl (C=O) groups excluding carboxylic acids is 1. The summed E-state index contributed by atoms with van der Waals surface area (Å²) in [5.74, 6) is 1.27. The lowest BCUT2D eigenvalue weighted by Crippen LogP contribution is -2.55. The Balaban J connectivity index is 1.25. The molecule has 1 amide bonds. The van der Waals surface area contributed by atoms with Crippen LogP contribution < -0.4 is 4.90 Å². The van der Waals surface area contributed by atoms with E-state index in [1.165, 1.54) is 5.56 Å². The maximum Gasteiger partial charge on any atom is 0.239 e. The summed E-state index contributed by atoms with van der Waals surface area (Å²) >= 11 is 0. The molecular formula is C25H33N3O2. The number of anilines is 1. The highest BCUT2D eigenvalue weighted by Crippen LogP contribution is 2.28. The zero-order chi connectivity index (χ0) is 20.9. The van der Waals surface area contributed by atoms with Crippen LogP contribution in [0.25, 0.3) is 0 Å². The van der Waals surface area contributed by atoms with E-state index in [2.05, 4.69) is 45.0 Å². The van der Waals surface area contributed by atoms with Crippen LogP contribution in [-0.4, -0.2) is 66.1 Å². The van der Waals surface area contributed by atoms with Crippen molar-refractivity contribution >= 4 is 11.6 Å². The maximum absolute atomic E-state index is 13.1. The van der Waals surface area contributed by atoms with Gasteiger partial charge in [0.15, 0.2) is 0 Å². The van der Waals surface area contributed by atoms with E-state index < -0.39 is 0 Å². The normalized spacial score (nSPS) is 19.6. The first-order valence-corrected chi connectivity index (χ1v) is 11.2. The molecule has 0 aliphatic carbocycles. The van der Waals surface area contributed by atoms with Gasteiger partial charge in [-0.3, -0.25) is 9.69 Å². The van der Waals surface area contributed by atoms with Crippen LogP contribution in [0.4, 0.5) is 5.69 Å². The average Bonchev–Trinajstić information content (AvgIpc) is 2.80. The second-order valence-electron chi connectivity index (χ2n) is 8.65. The molecule has 0 saturated carbocycles. The molecule has 0 spiro atoms. The standard InChI is InChI=1S/C25H33N3O2/c1-20(26-15-17-27(18-16-26)23-9-5-6-10-24(23)29)25(30)28-13-11-22(12-14-28)19-21-7-3-2-4-8-21/h2-10,20,22,29H,11-19H2,1H3/t20-/m0/s1. The summed E-state index contributed by atoms with van der Waals surface area (Å²) in [5.41, 5.74) is 2.29. The maximum atomic E-state index is 13.1. The van der Waals surface area contributed by atoms with Crippen LogP contribution >= 0.6 is 0 Å². The Bertz CT molecular complexity index is 825. The molecule has 160 valence electrons. The van der Waals surface area contributed by atoms with E-state index in [9.17, 15) is 9.90 Å². The van der Waals surface area contributed by atoms with Crippen LogP contribution in [0.2, 0.25) is 0 Å². The molecule has 30 heavy (non-hydrogen) atoms. The van der Waals surface area contributed by atoms with Gasteiger partial charge >= 0.3 is 0 Å². The molecule has 2 aliphatic heterocycles. The van der Waals surface area contributed by atoms with Crippen molar-refractivity contribution in [3.8, 4) is 5.75 Å². The number of hydrogen-bond acceptors (Lipinski definition) is 4. The summed E-state index contributed by atoms with van der Waals surface area (Å²) in [5, 5.41) is 10.1. The monoisotopic (exact) mass is 407 g/mol. The minimum atomic E-state index is -0.0813. The largest absolute Gasteiger partial charge is 0.506 e. The van der Waals surface area contributed by atoms with E-state index in [0.29, 0.717) is 11.7 Å². The predicted octanol–water partition coefficient (Wildman–Crippen LogP) is 3.38. The van der Waals surface area contributed by atoms with Gasteiger partial charge in [0.2, 0.25) is 5.91 Å². The minimum absolute atomic E-state index is 0.0813. The topological polar surface area (TPSA) is 47.0 Å². The summed E-state index contributed by atoms with van der Waals surface area (Å²) < 4.78 is 0. The molecule has 1 N–H and O–H groups in total. The van der Waals surface area contributed by atoms with E-state index in [1.54, 1.807) is 6.07 Å². The zero-order valence-corrected chi connectivity index (χ0v) is 17.9. The summed E-state index contributed by atoms with van der Waals surface area (Å²) in [7, 11) is 0. The molecule has 1 atom stereocenters. The smallest absolute Gasteiger partial charge is 0.239 e. The van der Waals surface area contributed by atoms with Crippen LogP contribution in [0.3, 0.4) is 0 Å². The highest BCUT2D eigenvalue weighted by Gasteiger charge is 2.31. The molecule has 0 aromatic heterocycles. The van der Waals surface area contributed by atoms with Gasteiger partial charge in [0.25, 0.3) is 0 Å². The molecule has 2 fully saturated rings. The van der Waals surface area contributed by atoms with E-state index in [4.69, 9.17) is 0 Å². The van der Waals surface area contributed by atoms with Gasteiger partial charge in [0.05, 0.1) is 11.7 Å². The number of rotatable bonds is 5. The van der Waals surface area contributed by atoms with Crippen molar-refractivity contribution in [1.82, 2.24) is 9.80 Å². The van der Waals surface area contributed by atoms with Crippen LogP contribution in [0.15, 0.2) is 54.6 Å². The fourth-order valence-electron chi connectivity index (χ4n) is 4.81. The second-order valence-corrected chi connectivity index (χ2v) is 8.65. The number of nitrogens with zero attached hydrogens (tertiary/aromatic N) is 3. The van der Waals surface area contributed by atoms with Crippen molar-refractivity contribution in [2.75, 3.05) is 44.2 Å². The zero-order valence-electron chi connectivity index (χ0n) is 17.9. The molecule has 0 radical (unpaired) electrons. The van der Waals surface area contributed by atoms with Crippen molar-refractivity contribution < 1.29 is 9.90 Å². The number of hydrogen-bond donors (Lipinski definition) is 1. The van der Waals surface area contributed by atoms with Crippen molar-refractivity contribution in [2.45, 2.75) is 32.2 Å². The number of benzene rings is 2. The highest BCUT2D eigenvalue weighted by molar-refractivity contribution is 5.81. The molecule has 0 unspecified atom stereocenters. The Morgan fingerprint density at radius 2 is 1.57 bits per heavy atom. The summed E-state index contributed by atoms with van der Waals surface area (Å²) in [6.07, 6.45) is 3.30. The van der Waals surface area contributed by atoms with Gasteiger partial charge in [-0.15, -0.1) is 0 Å². The molecule has 2 aliphatic rings. The molecule has 2 saturated heterocycles. The molecular weight excluding hydrogens is 374 g/mol.